The van der Waals surface area contributed by atoms with Gasteiger partial charge in [-0.3, -0.25) is 4.79 Å². The van der Waals surface area contributed by atoms with Gasteiger partial charge in [0.15, 0.2) is 5.78 Å². The zero-order chi connectivity index (χ0) is 17.6. The molecule has 0 bridgehead atoms. The Hall–Kier alpha value is -2.75. The Morgan fingerprint density at radius 3 is 2.40 bits per heavy atom. The SMILES string of the molecule is COc1ccc(C(=O)c2c3n(c4cc(OC)ccc24)CC[C@H]3C)cc1. The first-order valence-electron chi connectivity index (χ1n) is 8.53. The van der Waals surface area contributed by atoms with Crippen molar-refractivity contribution in [2.75, 3.05) is 14.2 Å². The molecular formula is C21H21NO3. The van der Waals surface area contributed by atoms with E-state index in [0.717, 1.165) is 46.6 Å². The maximum atomic E-state index is 13.3. The Morgan fingerprint density at radius 1 is 1.04 bits per heavy atom. The van der Waals surface area contributed by atoms with Crippen molar-refractivity contribution in [2.24, 2.45) is 0 Å². The van der Waals surface area contributed by atoms with Crippen LogP contribution in [-0.2, 0) is 6.54 Å². The number of hydrogen-bond acceptors (Lipinski definition) is 3. The van der Waals surface area contributed by atoms with E-state index in [1.165, 1.54) is 0 Å². The Bertz CT molecular complexity index is 953. The molecule has 4 rings (SSSR count). The number of rotatable bonds is 4. The van der Waals surface area contributed by atoms with Crippen LogP contribution >= 0.6 is 0 Å². The molecule has 0 amide bonds. The Labute approximate surface area is 147 Å². The molecule has 0 radical (unpaired) electrons. The molecule has 4 heteroatoms. The molecule has 3 aromatic rings. The standard InChI is InChI=1S/C21H21NO3/c1-13-10-11-22-18-12-16(25-3)8-9-17(18)19(20(13)22)21(23)14-4-6-15(24-2)7-5-14/h4-9,12-13H,10-11H2,1-3H3/t13-/m1/s1. The smallest absolute Gasteiger partial charge is 0.195 e. The van der Waals surface area contributed by atoms with Crippen LogP contribution in [0.25, 0.3) is 10.9 Å². The van der Waals surface area contributed by atoms with Crippen LogP contribution in [0, 0.1) is 0 Å². The van der Waals surface area contributed by atoms with E-state index in [9.17, 15) is 4.79 Å². The third kappa shape index (κ3) is 2.40. The second-order valence-electron chi connectivity index (χ2n) is 6.54. The van der Waals surface area contributed by atoms with Gasteiger partial charge < -0.3 is 14.0 Å². The van der Waals surface area contributed by atoms with E-state index in [1.807, 2.05) is 42.5 Å². The summed E-state index contributed by atoms with van der Waals surface area (Å²) >= 11 is 0. The average Bonchev–Trinajstić information content (AvgIpc) is 3.18. The minimum absolute atomic E-state index is 0.0697. The molecule has 2 aromatic carbocycles. The van der Waals surface area contributed by atoms with Crippen LogP contribution in [0.3, 0.4) is 0 Å². The van der Waals surface area contributed by atoms with Crippen molar-refractivity contribution in [2.45, 2.75) is 25.8 Å². The third-order valence-corrected chi connectivity index (χ3v) is 5.14. The molecule has 1 aromatic heterocycles. The number of carbonyl (C=O) groups excluding carboxylic acids is 1. The lowest BCUT2D eigenvalue weighted by atomic mass is 9.95. The molecule has 1 atom stereocenters. The Balaban J connectivity index is 1.91. The zero-order valence-electron chi connectivity index (χ0n) is 14.7. The van der Waals surface area contributed by atoms with Crippen LogP contribution in [0.15, 0.2) is 42.5 Å². The highest BCUT2D eigenvalue weighted by molar-refractivity contribution is 6.18. The van der Waals surface area contributed by atoms with Crippen LogP contribution in [0.2, 0.25) is 0 Å². The van der Waals surface area contributed by atoms with E-state index in [4.69, 9.17) is 9.47 Å². The summed E-state index contributed by atoms with van der Waals surface area (Å²) in [6.07, 6.45) is 1.06. The minimum atomic E-state index is 0.0697. The Morgan fingerprint density at radius 2 is 1.72 bits per heavy atom. The van der Waals surface area contributed by atoms with Gasteiger partial charge in [0.05, 0.1) is 25.3 Å². The first-order valence-corrected chi connectivity index (χ1v) is 8.53. The first-order chi connectivity index (χ1) is 12.1. The summed E-state index contributed by atoms with van der Waals surface area (Å²) < 4.78 is 12.9. The maximum absolute atomic E-state index is 13.3. The topological polar surface area (TPSA) is 40.5 Å². The number of hydrogen-bond donors (Lipinski definition) is 0. The highest BCUT2D eigenvalue weighted by Crippen LogP contribution is 2.40. The summed E-state index contributed by atoms with van der Waals surface area (Å²) in [6, 6.07) is 13.3. The second-order valence-corrected chi connectivity index (χ2v) is 6.54. The van der Waals surface area contributed by atoms with Gasteiger partial charge in [-0.15, -0.1) is 0 Å². The molecule has 128 valence electrons. The van der Waals surface area contributed by atoms with Gasteiger partial charge in [0, 0.05) is 29.3 Å². The van der Waals surface area contributed by atoms with Gasteiger partial charge in [0.2, 0.25) is 0 Å². The zero-order valence-corrected chi connectivity index (χ0v) is 14.7. The van der Waals surface area contributed by atoms with Crippen molar-refractivity contribution in [3.05, 3.63) is 59.3 Å². The number of fused-ring (bicyclic) bond motifs is 3. The molecule has 1 aliphatic rings. The molecule has 0 saturated carbocycles. The summed E-state index contributed by atoms with van der Waals surface area (Å²) in [5.74, 6) is 2.01. The number of aryl methyl sites for hydroxylation is 1. The molecule has 0 unspecified atom stereocenters. The fourth-order valence-corrected chi connectivity index (χ4v) is 3.81. The lowest BCUT2D eigenvalue weighted by molar-refractivity contribution is 0.103. The maximum Gasteiger partial charge on any atom is 0.195 e. The number of benzene rings is 2. The Kier molecular flexibility index (Phi) is 3.75. The fraction of sp³-hybridized carbons (Fsp3) is 0.286. The van der Waals surface area contributed by atoms with Crippen LogP contribution in [0.4, 0.5) is 0 Å². The van der Waals surface area contributed by atoms with Crippen LogP contribution < -0.4 is 9.47 Å². The second kappa shape index (κ2) is 5.96. The molecule has 2 heterocycles. The quantitative estimate of drug-likeness (QED) is 0.664. The molecular weight excluding hydrogens is 314 g/mol. The number of ether oxygens (including phenoxy) is 2. The van der Waals surface area contributed by atoms with Gasteiger partial charge >= 0.3 is 0 Å². The largest absolute Gasteiger partial charge is 0.497 e. The number of ketones is 1. The van der Waals surface area contributed by atoms with E-state index in [2.05, 4.69) is 11.5 Å². The normalized spacial score (nSPS) is 16.0. The van der Waals surface area contributed by atoms with Crippen molar-refractivity contribution < 1.29 is 14.3 Å². The summed E-state index contributed by atoms with van der Waals surface area (Å²) in [5, 5.41) is 1.00. The van der Waals surface area contributed by atoms with Gasteiger partial charge in [-0.1, -0.05) is 6.92 Å². The number of nitrogens with zero attached hydrogens (tertiary/aromatic N) is 1. The summed E-state index contributed by atoms with van der Waals surface area (Å²) in [6.45, 7) is 3.13. The molecule has 4 nitrogen and oxygen atoms in total. The third-order valence-electron chi connectivity index (χ3n) is 5.14. The predicted molar refractivity (Wildman–Crippen MR) is 97.9 cm³/mol. The number of carbonyl (C=O) groups is 1. The summed E-state index contributed by atoms with van der Waals surface area (Å²) in [5.41, 5.74) is 3.73. The highest BCUT2D eigenvalue weighted by atomic mass is 16.5. The van der Waals surface area contributed by atoms with E-state index in [1.54, 1.807) is 14.2 Å². The molecule has 0 N–H and O–H groups in total. The van der Waals surface area contributed by atoms with Gasteiger partial charge in [-0.25, -0.2) is 0 Å². The van der Waals surface area contributed by atoms with E-state index < -0.39 is 0 Å². The van der Waals surface area contributed by atoms with E-state index in [-0.39, 0.29) is 5.78 Å². The molecule has 25 heavy (non-hydrogen) atoms. The van der Waals surface area contributed by atoms with Crippen molar-refractivity contribution >= 4 is 16.7 Å². The summed E-state index contributed by atoms with van der Waals surface area (Å²) in [7, 11) is 3.29. The van der Waals surface area contributed by atoms with Gasteiger partial charge in [0.25, 0.3) is 0 Å². The van der Waals surface area contributed by atoms with E-state index in [0.29, 0.717) is 11.5 Å². The molecule has 1 aliphatic heterocycles. The van der Waals surface area contributed by atoms with Crippen molar-refractivity contribution in [1.82, 2.24) is 4.57 Å². The van der Waals surface area contributed by atoms with Gasteiger partial charge in [0.1, 0.15) is 11.5 Å². The van der Waals surface area contributed by atoms with Crippen molar-refractivity contribution in [3.8, 4) is 11.5 Å². The molecule has 0 saturated heterocycles. The molecule has 0 fully saturated rings. The summed E-state index contributed by atoms with van der Waals surface area (Å²) in [4.78, 5) is 13.3. The molecule has 0 aliphatic carbocycles. The predicted octanol–water partition coefficient (Wildman–Crippen LogP) is 4.40. The lowest BCUT2D eigenvalue weighted by Gasteiger charge is -2.08. The van der Waals surface area contributed by atoms with Crippen LogP contribution in [0.5, 0.6) is 11.5 Å². The average molecular weight is 335 g/mol. The highest BCUT2D eigenvalue weighted by Gasteiger charge is 2.30. The minimum Gasteiger partial charge on any atom is -0.497 e. The fourth-order valence-electron chi connectivity index (χ4n) is 3.81. The number of aromatic nitrogens is 1. The number of methoxy groups -OCH3 is 2. The molecule has 0 spiro atoms. The lowest BCUT2D eigenvalue weighted by Crippen LogP contribution is -2.05. The van der Waals surface area contributed by atoms with Crippen LogP contribution in [0.1, 0.15) is 40.9 Å². The van der Waals surface area contributed by atoms with Gasteiger partial charge in [-0.2, -0.15) is 0 Å². The first kappa shape index (κ1) is 15.8. The van der Waals surface area contributed by atoms with E-state index >= 15 is 0 Å². The van der Waals surface area contributed by atoms with Crippen molar-refractivity contribution in [3.63, 3.8) is 0 Å². The van der Waals surface area contributed by atoms with Crippen molar-refractivity contribution in [1.29, 1.82) is 0 Å². The van der Waals surface area contributed by atoms with Crippen LogP contribution in [-0.4, -0.2) is 24.6 Å². The van der Waals surface area contributed by atoms with Gasteiger partial charge in [-0.05, 0) is 48.7 Å². The monoisotopic (exact) mass is 335 g/mol.